The van der Waals surface area contributed by atoms with Crippen LogP contribution in [0.4, 0.5) is 9.52 Å². The van der Waals surface area contributed by atoms with Gasteiger partial charge in [-0.3, -0.25) is 0 Å². The van der Waals surface area contributed by atoms with Gasteiger partial charge in [0.1, 0.15) is 11.5 Å². The van der Waals surface area contributed by atoms with E-state index in [1.807, 2.05) is 0 Å². The van der Waals surface area contributed by atoms with Gasteiger partial charge in [-0.1, -0.05) is 17.4 Å². The van der Waals surface area contributed by atoms with Gasteiger partial charge in [-0.25, -0.2) is 19.2 Å². The summed E-state index contributed by atoms with van der Waals surface area (Å²) in [4.78, 5) is 22.0. The first-order valence-corrected chi connectivity index (χ1v) is 8.45. The zero-order valence-electron chi connectivity index (χ0n) is 12.7. The van der Waals surface area contributed by atoms with Gasteiger partial charge in [0.25, 0.3) is 0 Å². The molecule has 7 heteroatoms. The van der Waals surface area contributed by atoms with Gasteiger partial charge in [-0.15, -0.1) is 0 Å². The molecule has 1 saturated heterocycles. The molecule has 3 heterocycles. The van der Waals surface area contributed by atoms with Gasteiger partial charge in [0.05, 0.1) is 10.2 Å². The highest BCUT2D eigenvalue weighted by atomic mass is 32.1. The van der Waals surface area contributed by atoms with Crippen LogP contribution in [-0.4, -0.2) is 34.1 Å². The predicted molar refractivity (Wildman–Crippen MR) is 90.4 cm³/mol. The van der Waals surface area contributed by atoms with Crippen LogP contribution in [0.3, 0.4) is 0 Å². The Morgan fingerprint density at radius 2 is 2.12 bits per heavy atom. The fourth-order valence-corrected chi connectivity index (χ4v) is 3.81. The molecule has 1 aliphatic heterocycles. The van der Waals surface area contributed by atoms with Crippen LogP contribution in [-0.2, 0) is 6.42 Å². The summed E-state index contributed by atoms with van der Waals surface area (Å²) in [5, 5.41) is 9.96. The maximum absolute atomic E-state index is 14.0. The molecular formula is C17H14FN3O2S. The van der Waals surface area contributed by atoms with Gasteiger partial charge >= 0.3 is 5.97 Å². The van der Waals surface area contributed by atoms with Gasteiger partial charge in [0.2, 0.25) is 0 Å². The lowest BCUT2D eigenvalue weighted by Crippen LogP contribution is -2.36. The molecule has 2 aromatic heterocycles. The standard InChI is InChI=1S/C17H14FN3O2S/c18-11-7-10(8-12-3-1-4-13(19-12)16(22)23)15-14(9-11)24-17(20-15)21-5-2-6-21/h1,3-4,7,9H,2,5-6,8H2,(H,22,23). The van der Waals surface area contributed by atoms with Crippen molar-refractivity contribution in [2.75, 3.05) is 18.0 Å². The van der Waals surface area contributed by atoms with Crippen LogP contribution in [0, 0.1) is 5.82 Å². The number of pyridine rings is 1. The number of thiazole rings is 1. The Balaban J connectivity index is 1.74. The number of rotatable bonds is 4. The Kier molecular flexibility index (Phi) is 3.65. The van der Waals surface area contributed by atoms with Gasteiger partial charge in [0, 0.05) is 25.2 Å². The predicted octanol–water partition coefficient (Wildman–Crippen LogP) is 3.33. The minimum Gasteiger partial charge on any atom is -0.477 e. The zero-order valence-corrected chi connectivity index (χ0v) is 13.5. The summed E-state index contributed by atoms with van der Waals surface area (Å²) < 4.78 is 14.8. The van der Waals surface area contributed by atoms with E-state index in [0.717, 1.165) is 40.4 Å². The number of nitrogens with zero attached hydrogens (tertiary/aromatic N) is 3. The third kappa shape index (κ3) is 2.71. The van der Waals surface area contributed by atoms with Crippen LogP contribution in [0.25, 0.3) is 10.2 Å². The molecule has 1 aliphatic rings. The van der Waals surface area contributed by atoms with E-state index >= 15 is 0 Å². The van der Waals surface area contributed by atoms with E-state index in [1.54, 1.807) is 12.1 Å². The topological polar surface area (TPSA) is 66.3 Å². The van der Waals surface area contributed by atoms with E-state index in [4.69, 9.17) is 5.11 Å². The van der Waals surface area contributed by atoms with Crippen LogP contribution in [0.15, 0.2) is 30.3 Å². The number of halogens is 1. The quantitative estimate of drug-likeness (QED) is 0.787. The lowest BCUT2D eigenvalue weighted by atomic mass is 10.1. The molecule has 0 bridgehead atoms. The number of fused-ring (bicyclic) bond motifs is 1. The minimum atomic E-state index is -1.07. The summed E-state index contributed by atoms with van der Waals surface area (Å²) in [5.74, 6) is -1.39. The number of anilines is 1. The third-order valence-electron chi connectivity index (χ3n) is 4.05. The third-order valence-corrected chi connectivity index (χ3v) is 5.11. The second-order valence-corrected chi connectivity index (χ2v) is 6.75. The van der Waals surface area contributed by atoms with Gasteiger partial charge < -0.3 is 10.0 Å². The number of carbonyl (C=O) groups is 1. The van der Waals surface area contributed by atoms with E-state index < -0.39 is 5.97 Å². The number of benzene rings is 1. The van der Waals surface area contributed by atoms with Crippen molar-refractivity contribution in [3.05, 3.63) is 53.1 Å². The van der Waals surface area contributed by atoms with Crippen molar-refractivity contribution in [2.45, 2.75) is 12.8 Å². The normalized spacial score (nSPS) is 14.0. The van der Waals surface area contributed by atoms with Crippen LogP contribution in [0.2, 0.25) is 0 Å². The molecule has 0 radical (unpaired) electrons. The Morgan fingerprint density at radius 3 is 2.83 bits per heavy atom. The maximum atomic E-state index is 14.0. The smallest absolute Gasteiger partial charge is 0.354 e. The van der Waals surface area contributed by atoms with Crippen LogP contribution < -0.4 is 4.90 Å². The molecule has 3 aromatic rings. The summed E-state index contributed by atoms with van der Waals surface area (Å²) in [5.41, 5.74) is 2.06. The maximum Gasteiger partial charge on any atom is 0.354 e. The van der Waals surface area contributed by atoms with E-state index in [0.29, 0.717) is 12.1 Å². The van der Waals surface area contributed by atoms with Gasteiger partial charge in [-0.2, -0.15) is 0 Å². The van der Waals surface area contributed by atoms with Gasteiger partial charge in [0.15, 0.2) is 5.13 Å². The van der Waals surface area contributed by atoms with Gasteiger partial charge in [-0.05, 0) is 36.2 Å². The van der Waals surface area contributed by atoms with E-state index in [-0.39, 0.29) is 11.5 Å². The van der Waals surface area contributed by atoms with E-state index in [9.17, 15) is 9.18 Å². The van der Waals surface area contributed by atoms with Crippen molar-refractivity contribution >= 4 is 32.7 Å². The molecule has 0 atom stereocenters. The first-order valence-electron chi connectivity index (χ1n) is 7.63. The van der Waals surface area contributed by atoms with E-state index in [1.165, 1.54) is 29.5 Å². The number of aromatic nitrogens is 2. The highest BCUT2D eigenvalue weighted by molar-refractivity contribution is 7.22. The minimum absolute atomic E-state index is 0.0142. The lowest BCUT2D eigenvalue weighted by molar-refractivity contribution is 0.0690. The number of carboxylic acid groups (broad SMARTS) is 1. The van der Waals surface area contributed by atoms with Crippen molar-refractivity contribution < 1.29 is 14.3 Å². The summed E-state index contributed by atoms with van der Waals surface area (Å²) in [6.45, 7) is 1.97. The molecule has 0 spiro atoms. The Morgan fingerprint density at radius 1 is 1.29 bits per heavy atom. The molecule has 0 saturated carbocycles. The highest BCUT2D eigenvalue weighted by Gasteiger charge is 2.20. The van der Waals surface area contributed by atoms with Crippen LogP contribution in [0.1, 0.15) is 28.2 Å². The van der Waals surface area contributed by atoms with Crippen LogP contribution >= 0.6 is 11.3 Å². The second-order valence-electron chi connectivity index (χ2n) is 5.74. The number of hydrogen-bond donors (Lipinski definition) is 1. The fourth-order valence-electron chi connectivity index (χ4n) is 2.72. The van der Waals surface area contributed by atoms with Crippen molar-refractivity contribution in [2.24, 2.45) is 0 Å². The first kappa shape index (κ1) is 15.0. The summed E-state index contributed by atoms with van der Waals surface area (Å²) in [6.07, 6.45) is 1.50. The number of aromatic carboxylic acids is 1. The summed E-state index contributed by atoms with van der Waals surface area (Å²) >= 11 is 1.49. The average molecular weight is 343 g/mol. The molecule has 0 aliphatic carbocycles. The molecule has 1 aromatic carbocycles. The second kappa shape index (κ2) is 5.83. The molecule has 4 rings (SSSR count). The molecule has 5 nitrogen and oxygen atoms in total. The van der Waals surface area contributed by atoms with Crippen molar-refractivity contribution in [1.29, 1.82) is 0 Å². The monoisotopic (exact) mass is 343 g/mol. The van der Waals surface area contributed by atoms with Crippen LogP contribution in [0.5, 0.6) is 0 Å². The highest BCUT2D eigenvalue weighted by Crippen LogP contribution is 2.34. The Labute approximate surface area is 141 Å². The molecule has 0 amide bonds. The molecule has 0 unspecified atom stereocenters. The first-order chi connectivity index (χ1) is 11.6. The van der Waals surface area contributed by atoms with Crippen molar-refractivity contribution in [3.63, 3.8) is 0 Å². The molecule has 24 heavy (non-hydrogen) atoms. The largest absolute Gasteiger partial charge is 0.477 e. The molecule has 122 valence electrons. The average Bonchev–Trinajstić information content (AvgIpc) is 2.89. The van der Waals surface area contributed by atoms with Crippen molar-refractivity contribution in [1.82, 2.24) is 9.97 Å². The molecular weight excluding hydrogens is 329 g/mol. The molecule has 1 N–H and O–H groups in total. The molecule has 1 fully saturated rings. The summed E-state index contributed by atoms with van der Waals surface area (Å²) in [7, 11) is 0. The van der Waals surface area contributed by atoms with Crippen molar-refractivity contribution in [3.8, 4) is 0 Å². The Hall–Kier alpha value is -2.54. The fraction of sp³-hybridized carbons (Fsp3) is 0.235. The zero-order chi connectivity index (χ0) is 16.7. The number of carboxylic acids is 1. The number of hydrogen-bond acceptors (Lipinski definition) is 5. The SMILES string of the molecule is O=C(O)c1cccc(Cc2cc(F)cc3sc(N4CCC4)nc23)n1. The lowest BCUT2D eigenvalue weighted by Gasteiger charge is -2.30. The summed E-state index contributed by atoms with van der Waals surface area (Å²) in [6, 6.07) is 7.79. The van der Waals surface area contributed by atoms with E-state index in [2.05, 4.69) is 14.9 Å². The Bertz CT molecular complexity index is 937.